The fourth-order valence-electron chi connectivity index (χ4n) is 2.08. The first-order chi connectivity index (χ1) is 12.4. The second-order valence-electron chi connectivity index (χ2n) is 5.67. The number of hydrogen-bond donors (Lipinski definition) is 1. The second-order valence-corrected chi connectivity index (χ2v) is 6.55. The van der Waals surface area contributed by atoms with Crippen molar-refractivity contribution in [3.63, 3.8) is 0 Å². The summed E-state index contributed by atoms with van der Waals surface area (Å²) in [6.07, 6.45) is 5.55. The summed E-state index contributed by atoms with van der Waals surface area (Å²) in [4.78, 5) is 36.5. The van der Waals surface area contributed by atoms with Crippen molar-refractivity contribution < 1.29 is 23.9 Å². The van der Waals surface area contributed by atoms with Crippen LogP contribution in [0.1, 0.15) is 25.8 Å². The van der Waals surface area contributed by atoms with E-state index >= 15 is 0 Å². The Balaban J connectivity index is 2.50. The molecular formula is C19H25NO5S. The average molecular weight is 379 g/mol. The molecular weight excluding hydrogens is 354 g/mol. The molecule has 0 saturated heterocycles. The number of rotatable bonds is 9. The molecule has 0 aliphatic carbocycles. The third-order valence-corrected chi connectivity index (χ3v) is 4.60. The Hall–Kier alpha value is -2.28. The number of methoxy groups -OCH3 is 1. The van der Waals surface area contributed by atoms with Gasteiger partial charge in [0.05, 0.1) is 7.11 Å². The zero-order chi connectivity index (χ0) is 19.5. The summed E-state index contributed by atoms with van der Waals surface area (Å²) in [5.74, 6) is -1.79. The van der Waals surface area contributed by atoms with Gasteiger partial charge >= 0.3 is 11.9 Å². The summed E-state index contributed by atoms with van der Waals surface area (Å²) in [7, 11) is 1.26. The number of nitrogens with one attached hydrogen (secondary N) is 1. The van der Waals surface area contributed by atoms with Gasteiger partial charge in [-0.15, -0.1) is 11.8 Å². The van der Waals surface area contributed by atoms with E-state index in [-0.39, 0.29) is 5.92 Å². The van der Waals surface area contributed by atoms with Crippen LogP contribution in [0.3, 0.4) is 0 Å². The number of amides is 1. The molecule has 0 spiro atoms. The van der Waals surface area contributed by atoms with E-state index in [0.717, 1.165) is 10.5 Å². The van der Waals surface area contributed by atoms with Crippen LogP contribution in [0.4, 0.5) is 0 Å². The second kappa shape index (κ2) is 11.4. The van der Waals surface area contributed by atoms with Gasteiger partial charge in [0.25, 0.3) is 5.91 Å². The number of thioether (sulfide) groups is 1. The summed E-state index contributed by atoms with van der Waals surface area (Å²) in [6.45, 7) is 3.28. The van der Waals surface area contributed by atoms with Gasteiger partial charge in [0.2, 0.25) is 0 Å². The maximum Gasteiger partial charge on any atom is 0.331 e. The third-order valence-electron chi connectivity index (χ3n) is 3.86. The minimum Gasteiger partial charge on any atom is -0.467 e. The van der Waals surface area contributed by atoms with Crippen LogP contribution in [0.25, 0.3) is 6.08 Å². The molecule has 0 fully saturated rings. The molecule has 7 heteroatoms. The molecule has 1 N–H and O–H groups in total. The van der Waals surface area contributed by atoms with Gasteiger partial charge in [0.1, 0.15) is 6.04 Å². The monoisotopic (exact) mass is 379 g/mol. The highest BCUT2D eigenvalue weighted by molar-refractivity contribution is 7.98. The van der Waals surface area contributed by atoms with Crippen LogP contribution < -0.4 is 5.32 Å². The van der Waals surface area contributed by atoms with Gasteiger partial charge in [0, 0.05) is 11.0 Å². The molecule has 2 unspecified atom stereocenters. The number of esters is 2. The predicted molar refractivity (Wildman–Crippen MR) is 102 cm³/mol. The number of ether oxygens (including phenoxy) is 2. The minimum atomic E-state index is -0.762. The largest absolute Gasteiger partial charge is 0.467 e. The van der Waals surface area contributed by atoms with Crippen LogP contribution in [-0.2, 0) is 23.9 Å². The van der Waals surface area contributed by atoms with Crippen LogP contribution in [0.2, 0.25) is 0 Å². The molecule has 0 aromatic heterocycles. The topological polar surface area (TPSA) is 81.7 Å². The van der Waals surface area contributed by atoms with Crippen LogP contribution in [0.15, 0.2) is 35.2 Å². The number of carbonyl (C=O) groups is 3. The Bertz CT molecular complexity index is 642. The Kier molecular flexibility index (Phi) is 9.51. The standard InChI is InChI=1S/C19H25NO5S/c1-5-13(2)18(19(23)24-3)20-16(21)12-25-17(22)11-8-14-6-9-15(26-4)10-7-14/h6-11,13,18H,5,12H2,1-4H3,(H,20,21)/b11-8+. The van der Waals surface area contributed by atoms with E-state index in [1.54, 1.807) is 17.8 Å². The van der Waals surface area contributed by atoms with Crippen molar-refractivity contribution in [2.75, 3.05) is 20.0 Å². The zero-order valence-corrected chi connectivity index (χ0v) is 16.3. The average Bonchev–Trinajstić information content (AvgIpc) is 2.67. The molecule has 1 aromatic carbocycles. The molecule has 1 rings (SSSR count). The van der Waals surface area contributed by atoms with Gasteiger partial charge in [-0.25, -0.2) is 9.59 Å². The Morgan fingerprint density at radius 2 is 1.88 bits per heavy atom. The smallest absolute Gasteiger partial charge is 0.331 e. The van der Waals surface area contributed by atoms with Crippen molar-refractivity contribution in [2.24, 2.45) is 5.92 Å². The van der Waals surface area contributed by atoms with Gasteiger partial charge in [-0.2, -0.15) is 0 Å². The van der Waals surface area contributed by atoms with E-state index in [0.29, 0.717) is 6.42 Å². The lowest BCUT2D eigenvalue weighted by Gasteiger charge is -2.21. The van der Waals surface area contributed by atoms with E-state index in [1.165, 1.54) is 13.2 Å². The summed E-state index contributed by atoms with van der Waals surface area (Å²) in [5.41, 5.74) is 0.853. The minimum absolute atomic E-state index is 0.0914. The first kappa shape index (κ1) is 21.8. The molecule has 1 amide bonds. The zero-order valence-electron chi connectivity index (χ0n) is 15.5. The van der Waals surface area contributed by atoms with Crippen LogP contribution in [0, 0.1) is 5.92 Å². The van der Waals surface area contributed by atoms with Crippen molar-refractivity contribution in [1.29, 1.82) is 0 Å². The van der Waals surface area contributed by atoms with Crippen molar-refractivity contribution in [2.45, 2.75) is 31.2 Å². The summed E-state index contributed by atoms with van der Waals surface area (Å²) in [6, 6.07) is 6.91. The lowest BCUT2D eigenvalue weighted by atomic mass is 9.99. The van der Waals surface area contributed by atoms with Gasteiger partial charge in [-0.3, -0.25) is 4.79 Å². The third kappa shape index (κ3) is 7.31. The molecule has 0 heterocycles. The Morgan fingerprint density at radius 3 is 2.42 bits per heavy atom. The first-order valence-electron chi connectivity index (χ1n) is 8.27. The van der Waals surface area contributed by atoms with E-state index < -0.39 is 30.5 Å². The van der Waals surface area contributed by atoms with Crippen LogP contribution >= 0.6 is 11.8 Å². The van der Waals surface area contributed by atoms with Crippen LogP contribution in [0.5, 0.6) is 0 Å². The molecule has 142 valence electrons. The van der Waals surface area contributed by atoms with Crippen LogP contribution in [-0.4, -0.2) is 43.9 Å². The fraction of sp³-hybridized carbons (Fsp3) is 0.421. The quantitative estimate of drug-likeness (QED) is 0.404. The maximum atomic E-state index is 11.9. The fourth-order valence-corrected chi connectivity index (χ4v) is 2.48. The summed E-state index contributed by atoms with van der Waals surface area (Å²) >= 11 is 1.63. The van der Waals surface area contributed by atoms with E-state index in [2.05, 4.69) is 5.32 Å². The lowest BCUT2D eigenvalue weighted by molar-refractivity contribution is -0.148. The molecule has 0 saturated carbocycles. The van der Waals surface area contributed by atoms with Crippen molar-refractivity contribution in [1.82, 2.24) is 5.32 Å². The SMILES string of the molecule is CCC(C)C(NC(=O)COC(=O)/C=C/c1ccc(SC)cc1)C(=O)OC. The first-order valence-corrected chi connectivity index (χ1v) is 9.49. The van der Waals surface area contributed by atoms with Gasteiger partial charge < -0.3 is 14.8 Å². The van der Waals surface area contributed by atoms with E-state index in [4.69, 9.17) is 9.47 Å². The molecule has 26 heavy (non-hydrogen) atoms. The van der Waals surface area contributed by atoms with E-state index in [9.17, 15) is 14.4 Å². The van der Waals surface area contributed by atoms with Gasteiger partial charge in [0.15, 0.2) is 6.61 Å². The molecule has 0 aliphatic heterocycles. The number of hydrogen-bond acceptors (Lipinski definition) is 6. The molecule has 2 atom stereocenters. The highest BCUT2D eigenvalue weighted by atomic mass is 32.2. The van der Waals surface area contributed by atoms with E-state index in [1.807, 2.05) is 44.4 Å². The van der Waals surface area contributed by atoms with Crippen molar-refractivity contribution in [3.05, 3.63) is 35.9 Å². The number of carbonyl (C=O) groups excluding carboxylic acids is 3. The van der Waals surface area contributed by atoms with Gasteiger partial charge in [-0.1, -0.05) is 32.4 Å². The highest BCUT2D eigenvalue weighted by Crippen LogP contribution is 2.15. The van der Waals surface area contributed by atoms with Gasteiger partial charge in [-0.05, 0) is 35.9 Å². The predicted octanol–water partition coefficient (Wildman–Crippen LogP) is 2.67. The normalized spacial score (nSPS) is 13.1. The highest BCUT2D eigenvalue weighted by Gasteiger charge is 2.26. The number of benzene rings is 1. The molecule has 0 radical (unpaired) electrons. The maximum absolute atomic E-state index is 11.9. The Labute approximate surface area is 158 Å². The van der Waals surface area contributed by atoms with Crippen molar-refractivity contribution in [3.8, 4) is 0 Å². The molecule has 0 aliphatic rings. The summed E-state index contributed by atoms with van der Waals surface area (Å²) in [5, 5.41) is 2.54. The molecule has 6 nitrogen and oxygen atoms in total. The lowest BCUT2D eigenvalue weighted by Crippen LogP contribution is -2.47. The molecule has 1 aromatic rings. The molecule has 0 bridgehead atoms. The van der Waals surface area contributed by atoms with Crippen molar-refractivity contribution >= 4 is 35.7 Å². The Morgan fingerprint density at radius 1 is 1.23 bits per heavy atom. The summed E-state index contributed by atoms with van der Waals surface area (Å²) < 4.78 is 9.60.